The molecule has 0 aliphatic rings. The molecule has 2 aromatic carbocycles. The molecule has 3 nitrogen and oxygen atoms in total. The second-order valence-electron chi connectivity index (χ2n) is 3.92. The highest BCUT2D eigenvalue weighted by atomic mass is 79.9. The van der Waals surface area contributed by atoms with Crippen molar-refractivity contribution >= 4 is 48.5 Å². The lowest BCUT2D eigenvalue weighted by Crippen LogP contribution is -1.83. The number of nitrogens with two attached hydrogens (primary N) is 1. The van der Waals surface area contributed by atoms with Crippen LogP contribution in [-0.2, 0) is 0 Å². The van der Waals surface area contributed by atoms with Gasteiger partial charge in [-0.3, -0.25) is 0 Å². The van der Waals surface area contributed by atoms with Gasteiger partial charge in [0.25, 0.3) is 0 Å². The topological polar surface area (TPSA) is 52.0 Å². The maximum atomic E-state index is 5.65. The number of anilines is 1. The minimum absolute atomic E-state index is 0.362. The van der Waals surface area contributed by atoms with E-state index >= 15 is 0 Å². The summed E-state index contributed by atoms with van der Waals surface area (Å²) in [6.07, 6.45) is 0. The average Bonchev–Trinajstić information content (AvgIpc) is 2.69. The van der Waals surface area contributed by atoms with Gasteiger partial charge in [0.1, 0.15) is 4.47 Å². The maximum Gasteiger partial charge on any atom is 0.183 e. The van der Waals surface area contributed by atoms with Crippen molar-refractivity contribution < 1.29 is 4.52 Å². The lowest BCUT2D eigenvalue weighted by molar-refractivity contribution is 0.435. The van der Waals surface area contributed by atoms with Crippen LogP contribution in [0, 0.1) is 0 Å². The van der Waals surface area contributed by atoms with E-state index in [-0.39, 0.29) is 0 Å². The Morgan fingerprint density at radius 1 is 1.00 bits per heavy atom. The molecule has 0 atom stereocenters. The SMILES string of the molecule is Nc1noc(-c2ccc3cc(Br)ccc3c2)c1Br. The number of nitrogens with zero attached hydrogens (tertiary/aromatic N) is 1. The number of hydrogen-bond acceptors (Lipinski definition) is 3. The second-order valence-corrected chi connectivity index (χ2v) is 5.63. The van der Waals surface area contributed by atoms with E-state index in [2.05, 4.69) is 49.1 Å². The standard InChI is InChI=1S/C13H8Br2N2O/c14-10-4-3-7-5-9(2-1-8(7)6-10)12-11(15)13(16)17-18-12/h1-6H,(H2,16,17). The molecule has 0 unspecified atom stereocenters. The average molecular weight is 368 g/mol. The van der Waals surface area contributed by atoms with Gasteiger partial charge < -0.3 is 10.3 Å². The van der Waals surface area contributed by atoms with E-state index < -0.39 is 0 Å². The van der Waals surface area contributed by atoms with E-state index in [1.807, 2.05) is 24.3 Å². The summed E-state index contributed by atoms with van der Waals surface area (Å²) < 4.78 is 6.98. The number of hydrogen-bond donors (Lipinski definition) is 1. The fourth-order valence-electron chi connectivity index (χ4n) is 1.83. The second kappa shape index (κ2) is 4.40. The Balaban J connectivity index is 2.19. The largest absolute Gasteiger partial charge is 0.380 e. The molecule has 5 heteroatoms. The van der Waals surface area contributed by atoms with Gasteiger partial charge in [0, 0.05) is 10.0 Å². The van der Waals surface area contributed by atoms with E-state index in [0.29, 0.717) is 16.1 Å². The van der Waals surface area contributed by atoms with Crippen molar-refractivity contribution in [1.29, 1.82) is 0 Å². The van der Waals surface area contributed by atoms with Gasteiger partial charge in [-0.25, -0.2) is 0 Å². The molecule has 1 aromatic heterocycles. The van der Waals surface area contributed by atoms with E-state index in [9.17, 15) is 0 Å². The highest BCUT2D eigenvalue weighted by molar-refractivity contribution is 9.11. The summed E-state index contributed by atoms with van der Waals surface area (Å²) in [5.41, 5.74) is 6.60. The Labute approximate surface area is 120 Å². The van der Waals surface area contributed by atoms with Crippen molar-refractivity contribution in [3.05, 3.63) is 45.3 Å². The smallest absolute Gasteiger partial charge is 0.183 e. The van der Waals surface area contributed by atoms with Gasteiger partial charge in [-0.2, -0.15) is 0 Å². The van der Waals surface area contributed by atoms with Crippen LogP contribution in [0.3, 0.4) is 0 Å². The molecular weight excluding hydrogens is 360 g/mol. The zero-order valence-corrected chi connectivity index (χ0v) is 12.3. The fourth-order valence-corrected chi connectivity index (χ4v) is 2.58. The first-order chi connectivity index (χ1) is 8.65. The van der Waals surface area contributed by atoms with Gasteiger partial charge >= 0.3 is 0 Å². The number of benzene rings is 2. The van der Waals surface area contributed by atoms with E-state index in [0.717, 1.165) is 20.8 Å². The lowest BCUT2D eigenvalue weighted by atomic mass is 10.1. The third-order valence-corrected chi connectivity index (χ3v) is 3.98. The van der Waals surface area contributed by atoms with Gasteiger partial charge in [0.15, 0.2) is 11.6 Å². The van der Waals surface area contributed by atoms with E-state index in [1.165, 1.54) is 0 Å². The molecule has 90 valence electrons. The van der Waals surface area contributed by atoms with Crippen LogP contribution in [0.5, 0.6) is 0 Å². The van der Waals surface area contributed by atoms with Crippen molar-refractivity contribution in [2.75, 3.05) is 5.73 Å². The van der Waals surface area contributed by atoms with Gasteiger partial charge in [0.2, 0.25) is 0 Å². The summed E-state index contributed by atoms with van der Waals surface area (Å²) in [7, 11) is 0. The normalized spacial score (nSPS) is 11.0. The van der Waals surface area contributed by atoms with Crippen LogP contribution < -0.4 is 5.73 Å². The van der Waals surface area contributed by atoms with Crippen molar-refractivity contribution in [2.24, 2.45) is 0 Å². The minimum Gasteiger partial charge on any atom is -0.380 e. The lowest BCUT2D eigenvalue weighted by Gasteiger charge is -2.02. The molecule has 0 saturated carbocycles. The Morgan fingerprint density at radius 2 is 1.72 bits per heavy atom. The molecule has 0 saturated heterocycles. The molecule has 18 heavy (non-hydrogen) atoms. The van der Waals surface area contributed by atoms with Crippen LogP contribution in [-0.4, -0.2) is 5.16 Å². The van der Waals surface area contributed by atoms with Crippen LogP contribution in [0.25, 0.3) is 22.1 Å². The molecule has 0 aliphatic carbocycles. The Bertz CT molecular complexity index is 737. The Kier molecular flexibility index (Phi) is 2.87. The molecule has 3 rings (SSSR count). The number of halogens is 2. The highest BCUT2D eigenvalue weighted by Crippen LogP contribution is 2.34. The Morgan fingerprint density at radius 3 is 2.44 bits per heavy atom. The summed E-state index contributed by atoms with van der Waals surface area (Å²) in [4.78, 5) is 0. The zero-order chi connectivity index (χ0) is 12.7. The molecular formula is C13H8Br2N2O. The van der Waals surface area contributed by atoms with Gasteiger partial charge in [-0.15, -0.1) is 0 Å². The van der Waals surface area contributed by atoms with E-state index in [4.69, 9.17) is 10.3 Å². The molecule has 0 aliphatic heterocycles. The van der Waals surface area contributed by atoms with Crippen molar-refractivity contribution in [1.82, 2.24) is 5.16 Å². The molecule has 3 aromatic rings. The first-order valence-corrected chi connectivity index (χ1v) is 6.84. The fraction of sp³-hybridized carbons (Fsp3) is 0. The predicted molar refractivity (Wildman–Crippen MR) is 79.3 cm³/mol. The summed E-state index contributed by atoms with van der Waals surface area (Å²) >= 11 is 6.83. The molecule has 0 radical (unpaired) electrons. The first kappa shape index (κ1) is 11.7. The highest BCUT2D eigenvalue weighted by Gasteiger charge is 2.13. The molecule has 1 heterocycles. The van der Waals surface area contributed by atoms with Crippen LogP contribution in [0.1, 0.15) is 0 Å². The van der Waals surface area contributed by atoms with Gasteiger partial charge in [-0.05, 0) is 44.9 Å². The third kappa shape index (κ3) is 1.93. The third-order valence-electron chi connectivity index (χ3n) is 2.72. The van der Waals surface area contributed by atoms with Crippen LogP contribution in [0.4, 0.5) is 5.82 Å². The van der Waals surface area contributed by atoms with Gasteiger partial charge in [0.05, 0.1) is 0 Å². The summed E-state index contributed by atoms with van der Waals surface area (Å²) in [5.74, 6) is 1.01. The van der Waals surface area contributed by atoms with Crippen LogP contribution >= 0.6 is 31.9 Å². The Hall–Kier alpha value is -1.33. The first-order valence-electron chi connectivity index (χ1n) is 5.25. The number of nitrogen functional groups attached to an aromatic ring is 1. The maximum absolute atomic E-state index is 5.65. The van der Waals surface area contributed by atoms with Crippen molar-refractivity contribution in [3.63, 3.8) is 0 Å². The molecule has 0 spiro atoms. The summed E-state index contributed by atoms with van der Waals surface area (Å²) in [5, 5.41) is 6.04. The monoisotopic (exact) mass is 366 g/mol. The number of aromatic nitrogens is 1. The van der Waals surface area contributed by atoms with Gasteiger partial charge in [-0.1, -0.05) is 39.3 Å². The molecule has 2 N–H and O–H groups in total. The number of rotatable bonds is 1. The molecule has 0 amide bonds. The molecule has 0 fully saturated rings. The van der Waals surface area contributed by atoms with E-state index in [1.54, 1.807) is 0 Å². The van der Waals surface area contributed by atoms with Crippen molar-refractivity contribution in [3.8, 4) is 11.3 Å². The summed E-state index contributed by atoms with van der Waals surface area (Å²) in [6, 6.07) is 12.2. The minimum atomic E-state index is 0.362. The zero-order valence-electron chi connectivity index (χ0n) is 9.15. The number of fused-ring (bicyclic) bond motifs is 1. The molecule has 0 bridgehead atoms. The quantitative estimate of drug-likeness (QED) is 0.683. The summed E-state index contributed by atoms with van der Waals surface area (Å²) in [6.45, 7) is 0. The van der Waals surface area contributed by atoms with Crippen LogP contribution in [0.15, 0.2) is 49.9 Å². The van der Waals surface area contributed by atoms with Crippen LogP contribution in [0.2, 0.25) is 0 Å². The predicted octanol–water partition coefficient (Wildman–Crippen LogP) is 4.60. The van der Waals surface area contributed by atoms with Crippen molar-refractivity contribution in [2.45, 2.75) is 0 Å².